The Morgan fingerprint density at radius 2 is 1.29 bits per heavy atom. The number of halogens is 10. The van der Waals surface area contributed by atoms with E-state index in [2.05, 4.69) is 18.0 Å². The van der Waals surface area contributed by atoms with Crippen molar-refractivity contribution >= 4 is 5.97 Å². The Morgan fingerprint density at radius 3 is 1.45 bits per heavy atom. The molecule has 6 nitrogen and oxygen atoms in total. The Bertz CT molecular complexity index is 376. The summed E-state index contributed by atoms with van der Waals surface area (Å²) in [6.45, 7) is 2.15. The normalized spacial score (nSPS) is 10.3. The lowest BCUT2D eigenvalue weighted by atomic mass is 10.1. The second-order valence-electron chi connectivity index (χ2n) is 4.41. The first-order valence-electron chi connectivity index (χ1n) is 7.45. The third-order valence-electron chi connectivity index (χ3n) is 2.24. The molecular weight excluding hydrogens is 466 g/mol. The fraction of sp³-hybridized carbons (Fsp3) is 0.667. The van der Waals surface area contributed by atoms with Gasteiger partial charge in [-0.1, -0.05) is 12.7 Å². The van der Waals surface area contributed by atoms with Crippen LogP contribution in [-0.4, -0.2) is 71.6 Å². The first-order chi connectivity index (χ1) is 14.4. The number of aliphatic hydroxyl groups is 2. The molecule has 0 aromatic heterocycles. The summed E-state index contributed by atoms with van der Waals surface area (Å²) in [5, 5.41) is 30.6. The van der Waals surface area contributed by atoms with Crippen LogP contribution in [0.2, 0.25) is 0 Å². The van der Waals surface area contributed by atoms with E-state index in [0.717, 1.165) is 13.2 Å². The Morgan fingerprint density at radius 1 is 0.968 bits per heavy atom. The Hall–Kier alpha value is -1.91. The number of aliphatic hydroxyl groups excluding tert-OH is 2. The maximum absolute atomic E-state index is 12.2. The summed E-state index contributed by atoms with van der Waals surface area (Å²) in [4.78, 5) is 13.0. The van der Waals surface area contributed by atoms with Crippen molar-refractivity contribution in [1.82, 2.24) is 0 Å². The van der Waals surface area contributed by atoms with Crippen LogP contribution in [0.4, 0.5) is 44.6 Å². The van der Waals surface area contributed by atoms with Crippen LogP contribution in [0, 0.1) is 0 Å². The zero-order chi connectivity index (χ0) is 26.5. The third-order valence-corrected chi connectivity index (χ3v) is 2.24. The van der Waals surface area contributed by atoms with Gasteiger partial charge in [0.05, 0.1) is 0 Å². The molecule has 0 fully saturated rings. The highest BCUT2D eigenvalue weighted by atomic mass is 20.0. The molecule has 0 heterocycles. The number of alkyl halides is 6. The highest BCUT2D eigenvalue weighted by Crippen LogP contribution is 2.22. The lowest BCUT2D eigenvalue weighted by Crippen LogP contribution is -2.21. The smallest absolute Gasteiger partial charge is 0.327 e. The van der Waals surface area contributed by atoms with Gasteiger partial charge in [0, 0.05) is 50.9 Å². The molecule has 0 saturated heterocycles. The molecule has 0 aliphatic carbocycles. The Balaban J connectivity index is -0.0000000713. The predicted octanol–water partition coefficient (Wildman–Crippen LogP) is 4.94. The molecule has 0 rings (SSSR count). The largest absolute Gasteiger partial charge is 0.478 e. The van der Waals surface area contributed by atoms with Crippen molar-refractivity contribution in [2.75, 3.05) is 27.1 Å². The second-order valence-corrected chi connectivity index (χ2v) is 4.41. The summed E-state index contributed by atoms with van der Waals surface area (Å²) in [7, 11) is 1.00. The first-order valence-corrected chi connectivity index (χ1v) is 7.45. The molecule has 0 aliphatic rings. The Labute approximate surface area is 171 Å². The molecule has 1 unspecified atom stereocenters. The van der Waals surface area contributed by atoms with Crippen LogP contribution in [0.3, 0.4) is 0 Å². The number of aliphatic carboxylic acids is 1. The number of carboxylic acids is 1. The van der Waals surface area contributed by atoms with E-state index in [-0.39, 0.29) is 6.42 Å². The van der Waals surface area contributed by atoms with Crippen molar-refractivity contribution in [1.29, 1.82) is 0 Å². The molecule has 0 aromatic carbocycles. The molecule has 4 N–H and O–H groups in total. The highest BCUT2D eigenvalue weighted by Gasteiger charge is 2.29. The lowest BCUT2D eigenvalue weighted by Gasteiger charge is -2.13. The molecule has 192 valence electrons. The monoisotopic (exact) mass is 492 g/mol. The van der Waals surface area contributed by atoms with E-state index in [1.165, 1.54) is 6.08 Å². The van der Waals surface area contributed by atoms with Crippen molar-refractivity contribution in [3.8, 4) is 0 Å². The first kappa shape index (κ1) is 43.1. The van der Waals surface area contributed by atoms with E-state index in [9.17, 15) is 31.1 Å². The standard InChI is InChI=1S/C7H11F3O2.C4H7F3O.C3H4O2.CH4O.2F2/c1-2-6(12-11)3-4-7(9,10)5-8;5-3-4(6,7)1-2-8;1-2-3(4)5;3*1-2/h2,6,11H,1,3-5H2;8H,1-3H2;2H,1H2,(H,4,5);2H,1H3;;. The van der Waals surface area contributed by atoms with Gasteiger partial charge in [0.15, 0.2) is 13.3 Å². The summed E-state index contributed by atoms with van der Waals surface area (Å²) >= 11 is 0. The number of carboxylic acid groups (broad SMARTS) is 1. The van der Waals surface area contributed by atoms with Gasteiger partial charge in [0.25, 0.3) is 11.8 Å². The van der Waals surface area contributed by atoms with Gasteiger partial charge in [0.2, 0.25) is 0 Å². The molecule has 16 heteroatoms. The van der Waals surface area contributed by atoms with Crippen LogP contribution in [0.1, 0.15) is 19.3 Å². The van der Waals surface area contributed by atoms with Gasteiger partial charge in [-0.25, -0.2) is 36.0 Å². The van der Waals surface area contributed by atoms with E-state index >= 15 is 0 Å². The van der Waals surface area contributed by atoms with Gasteiger partial charge in [-0.05, 0) is 6.42 Å². The Kier molecular flexibility index (Phi) is 45.5. The molecule has 0 radical (unpaired) electrons. The van der Waals surface area contributed by atoms with Gasteiger partial charge < -0.3 is 15.3 Å². The van der Waals surface area contributed by atoms with Crippen molar-refractivity contribution in [3.63, 3.8) is 0 Å². The van der Waals surface area contributed by atoms with E-state index in [1.54, 1.807) is 0 Å². The van der Waals surface area contributed by atoms with Crippen LogP contribution < -0.4 is 0 Å². The summed E-state index contributed by atoms with van der Waals surface area (Å²) in [5.74, 6) is -7.64. The number of carbonyl (C=O) groups is 1. The lowest BCUT2D eigenvalue weighted by molar-refractivity contribution is -0.268. The van der Waals surface area contributed by atoms with Crippen molar-refractivity contribution in [3.05, 3.63) is 25.3 Å². The predicted molar refractivity (Wildman–Crippen MR) is 90.9 cm³/mol. The zero-order valence-electron chi connectivity index (χ0n) is 16.3. The highest BCUT2D eigenvalue weighted by molar-refractivity contribution is 5.78. The van der Waals surface area contributed by atoms with E-state index in [0.29, 0.717) is 0 Å². The molecule has 0 aliphatic heterocycles. The number of hydrogen-bond donors (Lipinski definition) is 4. The van der Waals surface area contributed by atoms with Crippen LogP contribution >= 0.6 is 0 Å². The molecule has 31 heavy (non-hydrogen) atoms. The summed E-state index contributed by atoms with van der Waals surface area (Å²) in [5.41, 5.74) is 0. The van der Waals surface area contributed by atoms with E-state index in [4.69, 9.17) is 38.9 Å². The summed E-state index contributed by atoms with van der Waals surface area (Å²) in [6, 6.07) is 0. The fourth-order valence-electron chi connectivity index (χ4n) is 0.864. The molecule has 0 aromatic rings. The number of hydrogen-bond acceptors (Lipinski definition) is 5. The van der Waals surface area contributed by atoms with Crippen LogP contribution in [-0.2, 0) is 9.68 Å². The van der Waals surface area contributed by atoms with E-state index in [1.807, 2.05) is 0 Å². The minimum Gasteiger partial charge on any atom is -0.478 e. The van der Waals surface area contributed by atoms with Crippen molar-refractivity contribution < 1.29 is 74.9 Å². The third kappa shape index (κ3) is 47.4. The van der Waals surface area contributed by atoms with Gasteiger partial charge in [-0.2, -0.15) is 0 Å². The van der Waals surface area contributed by atoms with Crippen LogP contribution in [0.15, 0.2) is 25.3 Å². The minimum atomic E-state index is -3.33. The molecule has 0 saturated carbocycles. The molecule has 0 amide bonds. The second kappa shape index (κ2) is 32.7. The van der Waals surface area contributed by atoms with E-state index < -0.39 is 56.7 Å². The number of rotatable bonds is 10. The molecular formula is C15H26F10O6. The SMILES string of the molecule is C=CC(=O)O.C=CC(CCC(F)(F)CF)OO.CO.FF.FF.OCCC(F)(F)CF. The maximum atomic E-state index is 12.2. The average molecular weight is 492 g/mol. The van der Waals surface area contributed by atoms with Gasteiger partial charge in [0.1, 0.15) is 6.10 Å². The average Bonchev–Trinajstić information content (AvgIpc) is 2.79. The van der Waals surface area contributed by atoms with Crippen molar-refractivity contribution in [2.45, 2.75) is 37.2 Å². The summed E-state index contributed by atoms with van der Waals surface area (Å²) in [6.07, 6.45) is -0.461. The van der Waals surface area contributed by atoms with Crippen LogP contribution in [0.5, 0.6) is 0 Å². The van der Waals surface area contributed by atoms with Gasteiger partial charge in [-0.15, -0.1) is 6.58 Å². The maximum Gasteiger partial charge on any atom is 0.327 e. The topological polar surface area (TPSA) is 107 Å². The molecule has 0 bridgehead atoms. The minimum absolute atomic E-state index is 0.156. The zero-order valence-corrected chi connectivity index (χ0v) is 16.3. The van der Waals surface area contributed by atoms with Crippen molar-refractivity contribution in [2.24, 2.45) is 0 Å². The molecule has 1 atom stereocenters. The van der Waals surface area contributed by atoms with Gasteiger partial charge >= 0.3 is 5.97 Å². The quantitative estimate of drug-likeness (QED) is 0.113. The molecule has 0 spiro atoms. The fourth-order valence-corrected chi connectivity index (χ4v) is 0.864. The van der Waals surface area contributed by atoms with Gasteiger partial charge in [-0.3, -0.25) is 5.26 Å². The van der Waals surface area contributed by atoms with Crippen LogP contribution in [0.25, 0.3) is 0 Å². The summed E-state index contributed by atoms with van der Waals surface area (Å²) < 4.78 is 102.